The number of rotatable bonds is 25. The lowest BCUT2D eigenvalue weighted by Gasteiger charge is -2.36. The molecule has 4 fully saturated rings. The molecule has 14 aromatic rings. The van der Waals surface area contributed by atoms with Gasteiger partial charge in [-0.2, -0.15) is 15.3 Å². The Hall–Kier alpha value is -14.4. The van der Waals surface area contributed by atoms with Gasteiger partial charge in [0.2, 0.25) is 0 Å². The number of hydrogen-bond donors (Lipinski definition) is 8. The Bertz CT molecular complexity index is 7050. The van der Waals surface area contributed by atoms with Crippen LogP contribution in [0.2, 0.25) is 5.15 Å². The number of nitrogens with one attached hydrogen (secondary N) is 4. The molecule has 4 aliphatic rings. The van der Waals surface area contributed by atoms with Gasteiger partial charge >= 0.3 is 30.2 Å². The topological polar surface area (TPSA) is 427 Å². The van der Waals surface area contributed by atoms with Crippen molar-refractivity contribution < 1.29 is 81.3 Å². The van der Waals surface area contributed by atoms with Crippen molar-refractivity contribution in [3.05, 3.63) is 258 Å². The number of aliphatic hydroxyl groups is 4. The van der Waals surface area contributed by atoms with Crippen LogP contribution in [0.3, 0.4) is 0 Å². The van der Waals surface area contributed by atoms with Gasteiger partial charge in [-0.15, -0.1) is 12.4 Å². The maximum absolute atomic E-state index is 15.0. The molecule has 0 saturated carbocycles. The third kappa shape index (κ3) is 29.0. The number of fused-ring (bicyclic) bond motifs is 4. The molecule has 8 N–H and O–H groups in total. The van der Waals surface area contributed by atoms with Crippen LogP contribution >= 0.6 is 24.0 Å². The van der Waals surface area contributed by atoms with E-state index in [1.807, 2.05) is 117 Å². The number of amides is 3. The maximum Gasteiger partial charge on any atom is 0.410 e. The molecule has 11 aromatic heterocycles. The van der Waals surface area contributed by atoms with Gasteiger partial charge in [0, 0.05) is 158 Å². The standard InChI is InChI=1S/C32H37FN6O5.C30H35FN6O4.C25H25FN6O.C22H28ClN3O4.ClH/c1-5-43-30(41)29(20-10-13-38(14-11-20)31(42)44-32(2,3)4)26-8-6-21-18-34-28(17-27(21)35-26)36-25-9-7-23(16-24(25)33)39-15-12-22(19-40)37-39;1-30(2,3)41-29(40)36-11-8-19(9-12-36)23(18-39)25-6-4-20-16-32-28(15-27(20)33-25)34-26-7-5-22(14-24(26)31)37-13-10-21(17-38)35-37;1-16(17-6-9-27-10-7-17)22-4-2-18-14-28-25(13-24(18)29-22)30-23-5-3-20(12-21(23)26)32-11-8-19(15-33)31-32;1-5-29-20(27)19(16-7-6-15-13-24-18(23)12-17(15)25-16)14-8-10-26(11-9-14)21(28)30-22(2,3)4;/h6-9,12,15-18,20,29,40H,5,10-11,13-14,19H2,1-4H3,(H,34,36);4-7,10,13-16,19,23,38-39H,8-9,11-12,17-18H2,1-3H3,(H,32,34);2-5,8,11-14,17,27,33H,1,6-7,9-10,15H2,(H,28,30);6-7,12-14,19H,5,8-11H2,1-4H3;1H. The number of likely N-dealkylation sites (tertiary alicyclic amines) is 3. The highest BCUT2D eigenvalue weighted by Crippen LogP contribution is 2.41. The van der Waals surface area contributed by atoms with Crippen molar-refractivity contribution in [3.63, 3.8) is 0 Å². The second kappa shape index (κ2) is 49.6. The number of carbonyl (C=O) groups is 5. The fraction of sp³-hybridized carbons (Fsp3) is 0.394. The molecule has 3 aromatic carbocycles. The number of pyridine rings is 8. The van der Waals surface area contributed by atoms with Gasteiger partial charge in [-0.05, 0) is 273 Å². The molecule has 4 aliphatic heterocycles. The second-order valence-electron chi connectivity index (χ2n) is 39.7. The first-order chi connectivity index (χ1) is 70.9. The molecule has 4 saturated heterocycles. The quantitative estimate of drug-likeness (QED) is 0.0150. The highest BCUT2D eigenvalue weighted by Gasteiger charge is 2.40. The minimum atomic E-state index is -0.608. The van der Waals surface area contributed by atoms with E-state index in [0.29, 0.717) is 168 Å². The molecule has 0 bridgehead atoms. The minimum Gasteiger partial charge on any atom is -0.465 e. The molecule has 0 spiro atoms. The fourth-order valence-electron chi connectivity index (χ4n) is 18.2. The van der Waals surface area contributed by atoms with Gasteiger partial charge < -0.3 is 80.1 Å². The van der Waals surface area contributed by atoms with Crippen LogP contribution in [0.25, 0.3) is 66.2 Å². The molecule has 0 radical (unpaired) electrons. The summed E-state index contributed by atoms with van der Waals surface area (Å²) in [5, 5.41) is 66.7. The van der Waals surface area contributed by atoms with Crippen molar-refractivity contribution in [2.45, 2.75) is 182 Å². The van der Waals surface area contributed by atoms with Crippen molar-refractivity contribution in [1.29, 1.82) is 0 Å². The van der Waals surface area contributed by atoms with Gasteiger partial charge in [-0.3, -0.25) is 24.5 Å². The van der Waals surface area contributed by atoms with Gasteiger partial charge in [-0.25, -0.2) is 66.5 Å². The van der Waals surface area contributed by atoms with Gasteiger partial charge in [0.1, 0.15) is 68.7 Å². The van der Waals surface area contributed by atoms with E-state index < -0.39 is 46.1 Å². The zero-order valence-corrected chi connectivity index (χ0v) is 86.7. The van der Waals surface area contributed by atoms with Crippen LogP contribution in [-0.4, -0.2) is 224 Å². The first kappa shape index (κ1) is 110. The Morgan fingerprint density at radius 3 is 1.09 bits per heavy atom. The molecule has 3 atom stereocenters. The van der Waals surface area contributed by atoms with Crippen LogP contribution in [0, 0.1) is 41.1 Å². The Labute approximate surface area is 872 Å². The summed E-state index contributed by atoms with van der Waals surface area (Å²) < 4.78 is 76.6. The zero-order valence-electron chi connectivity index (χ0n) is 85.1. The molecule has 786 valence electrons. The van der Waals surface area contributed by atoms with Gasteiger partial charge in [0.15, 0.2) is 0 Å². The number of benzene rings is 3. The number of piperidine rings is 4. The number of nitrogens with zero attached hydrogens (tertiary/aromatic N) is 17. The van der Waals surface area contributed by atoms with Crippen molar-refractivity contribution in [2.24, 2.45) is 23.7 Å². The van der Waals surface area contributed by atoms with Crippen LogP contribution in [0.15, 0.2) is 196 Å². The predicted octanol–water partition coefficient (Wildman–Crippen LogP) is 19.6. The van der Waals surface area contributed by atoms with E-state index in [0.717, 1.165) is 82.8 Å². The SMILES string of the molecule is C=C(c1ccc2cnc(Nc3ccc(-n4ccc(CO)n4)cc3F)cc2n1)C1CCNCC1.CC(C)(C)OC(=O)N1CCC(C(CO)c2ccc3cnc(Nc4ccc(-n5ccc(CO)n5)cc4F)cc3n2)CC1.CCOC(=O)C(c1ccc2cnc(Cl)cc2n1)C1CCN(C(=O)OC(C)(C)C)CC1.CCOC(=O)C(c1ccc2cnc(Nc3ccc(-n4ccc(CO)n4)cc3F)cc2n1)C1CCN(C(=O)OC(C)(C)C)CC1.Cl. The van der Waals surface area contributed by atoms with Crippen LogP contribution in [0.1, 0.15) is 185 Å². The molecule has 149 heavy (non-hydrogen) atoms. The first-order valence-corrected chi connectivity index (χ1v) is 50.0. The largest absolute Gasteiger partial charge is 0.465 e. The number of esters is 2. The van der Waals surface area contributed by atoms with Crippen molar-refractivity contribution in [1.82, 2.24) is 89.2 Å². The third-order valence-corrected chi connectivity index (χ3v) is 25.9. The number of aromatic nitrogens is 14. The molecular formula is C109H126Cl2F3N21O14. The lowest BCUT2D eigenvalue weighted by Crippen LogP contribution is -2.43. The van der Waals surface area contributed by atoms with Crippen LogP contribution in [0.4, 0.5) is 62.1 Å². The van der Waals surface area contributed by atoms with E-state index in [-0.39, 0.29) is 111 Å². The monoisotopic (exact) mass is 2080 g/mol. The molecule has 40 heteroatoms. The summed E-state index contributed by atoms with van der Waals surface area (Å²) in [5.41, 5.74) is 8.88. The Balaban J connectivity index is 0.000000158. The van der Waals surface area contributed by atoms with E-state index >= 15 is 4.39 Å². The van der Waals surface area contributed by atoms with E-state index in [9.17, 15) is 53.2 Å². The Kier molecular flexibility index (Phi) is 36.7. The minimum absolute atomic E-state index is 0. The van der Waals surface area contributed by atoms with Crippen LogP contribution in [0.5, 0.6) is 0 Å². The number of carbonyl (C=O) groups excluding carboxylic acids is 5. The number of hydrogen-bond acceptors (Lipinski definition) is 29. The number of ether oxygens (including phenoxy) is 5. The van der Waals surface area contributed by atoms with E-state index in [4.69, 9.17) is 50.2 Å². The molecular weight excluding hydrogens is 1960 g/mol. The molecule has 35 nitrogen and oxygen atoms in total. The number of halogens is 5. The Morgan fingerprint density at radius 1 is 0.430 bits per heavy atom. The molecule has 15 heterocycles. The molecule has 3 amide bonds. The van der Waals surface area contributed by atoms with Gasteiger partial charge in [0.05, 0.1) is 130 Å². The summed E-state index contributed by atoms with van der Waals surface area (Å²) in [6.07, 6.45) is 16.8. The summed E-state index contributed by atoms with van der Waals surface area (Å²) in [6.45, 7) is 29.5. The van der Waals surface area contributed by atoms with Crippen molar-refractivity contribution in [3.8, 4) is 17.1 Å². The highest BCUT2D eigenvalue weighted by atomic mass is 35.5. The maximum atomic E-state index is 15.0. The number of anilines is 6. The second-order valence-corrected chi connectivity index (χ2v) is 40.1. The highest BCUT2D eigenvalue weighted by molar-refractivity contribution is 6.30. The lowest BCUT2D eigenvalue weighted by molar-refractivity contribution is -0.148. The summed E-state index contributed by atoms with van der Waals surface area (Å²) in [5.74, 6) is -1.48. The molecule has 18 rings (SSSR count). The van der Waals surface area contributed by atoms with Gasteiger partial charge in [-0.1, -0.05) is 18.2 Å². The average Bonchev–Trinajstić information content (AvgIpc) is 1.63. The first-order valence-electron chi connectivity index (χ1n) is 49.6. The number of aliphatic hydroxyl groups excluding tert-OH is 4. The van der Waals surface area contributed by atoms with Gasteiger partial charge in [0.25, 0.3) is 0 Å². The third-order valence-electron chi connectivity index (χ3n) is 25.7. The van der Waals surface area contributed by atoms with Crippen molar-refractivity contribution in [2.75, 3.05) is 88.1 Å². The van der Waals surface area contributed by atoms with Crippen molar-refractivity contribution >= 4 is 138 Å². The summed E-state index contributed by atoms with van der Waals surface area (Å²) in [4.78, 5) is 105. The van der Waals surface area contributed by atoms with E-state index in [1.165, 1.54) is 32.2 Å². The Morgan fingerprint density at radius 2 is 0.758 bits per heavy atom. The fourth-order valence-corrected chi connectivity index (χ4v) is 18.3. The summed E-state index contributed by atoms with van der Waals surface area (Å²) in [6, 6.07) is 41.3. The number of allylic oxidation sites excluding steroid dienone is 1. The summed E-state index contributed by atoms with van der Waals surface area (Å²) >= 11 is 6.01. The predicted molar refractivity (Wildman–Crippen MR) is 563 cm³/mol. The lowest BCUT2D eigenvalue weighted by atomic mass is 9.82. The van der Waals surface area contributed by atoms with E-state index in [1.54, 1.807) is 145 Å². The van der Waals surface area contributed by atoms with Crippen LogP contribution < -0.4 is 21.3 Å². The molecule has 3 unspecified atom stereocenters. The molecule has 0 aliphatic carbocycles. The normalized spacial score (nSPS) is 15.1. The smallest absolute Gasteiger partial charge is 0.410 e. The van der Waals surface area contributed by atoms with E-state index in [2.05, 4.69) is 68.1 Å². The summed E-state index contributed by atoms with van der Waals surface area (Å²) in [7, 11) is 0. The van der Waals surface area contributed by atoms with Crippen LogP contribution in [-0.2, 0) is 53.1 Å². The average molecular weight is 2080 g/mol. The zero-order chi connectivity index (χ0) is 105.